The van der Waals surface area contributed by atoms with Crippen LogP contribution in [-0.2, 0) is 14.0 Å². The monoisotopic (exact) mass is 326 g/mol. The topological polar surface area (TPSA) is 69.7 Å². The van der Waals surface area contributed by atoms with E-state index in [0.717, 1.165) is 4.78 Å². The highest BCUT2D eigenvalue weighted by molar-refractivity contribution is 7.25. The lowest BCUT2D eigenvalue weighted by Gasteiger charge is -2.32. The number of hydrogen-bond donors (Lipinski definition) is 1. The van der Waals surface area contributed by atoms with Gasteiger partial charge in [0.2, 0.25) is 0 Å². The van der Waals surface area contributed by atoms with Gasteiger partial charge in [0.15, 0.2) is 5.13 Å². The molecular weight excluding hydrogens is 303 g/mol. The predicted octanol–water partition coefficient (Wildman–Crippen LogP) is 2.79. The summed E-state index contributed by atoms with van der Waals surface area (Å²) in [6.45, 7) is 13.4. The standard InChI is InChI=1S/C14H23BN2O4S/c1-12(2,3)19-11(18)17-10-16-8-9(22-10)15-20-13(4,5)14(6,7)21-15/h8H,1-7H3,(H,16,17,18). The van der Waals surface area contributed by atoms with Crippen molar-refractivity contribution in [3.05, 3.63) is 6.20 Å². The molecule has 0 aromatic carbocycles. The Hall–Kier alpha value is -1.12. The molecule has 2 rings (SSSR count). The number of hydrogen-bond acceptors (Lipinski definition) is 6. The van der Waals surface area contributed by atoms with Gasteiger partial charge in [-0.2, -0.15) is 0 Å². The second-order valence-corrected chi connectivity index (χ2v) is 8.35. The Morgan fingerprint density at radius 2 is 1.82 bits per heavy atom. The van der Waals surface area contributed by atoms with Crippen molar-refractivity contribution in [2.45, 2.75) is 65.3 Å². The Bertz CT molecular complexity index is 549. The summed E-state index contributed by atoms with van der Waals surface area (Å²) in [6.07, 6.45) is 1.13. The van der Waals surface area contributed by atoms with Gasteiger partial charge in [0.05, 0.1) is 16.0 Å². The number of carbonyl (C=O) groups is 1. The smallest absolute Gasteiger partial charge is 0.444 e. The Kier molecular flexibility index (Phi) is 4.32. The molecule has 1 aromatic rings. The summed E-state index contributed by atoms with van der Waals surface area (Å²) in [5.74, 6) is 0. The normalized spacial score (nSPS) is 20.0. The molecule has 1 fully saturated rings. The van der Waals surface area contributed by atoms with E-state index in [4.69, 9.17) is 14.0 Å². The summed E-state index contributed by atoms with van der Waals surface area (Å²) in [5.41, 5.74) is -1.35. The lowest BCUT2D eigenvalue weighted by Crippen LogP contribution is -2.41. The first-order valence-corrected chi connectivity index (χ1v) is 8.03. The van der Waals surface area contributed by atoms with Crippen molar-refractivity contribution in [2.24, 2.45) is 0 Å². The van der Waals surface area contributed by atoms with Gasteiger partial charge in [0, 0.05) is 6.20 Å². The minimum atomic E-state index is -0.546. The number of ether oxygens (including phenoxy) is 1. The summed E-state index contributed by atoms with van der Waals surface area (Å²) in [4.78, 5) is 15.9. The van der Waals surface area contributed by atoms with Crippen molar-refractivity contribution >= 4 is 34.5 Å². The van der Waals surface area contributed by atoms with Crippen molar-refractivity contribution in [3.8, 4) is 0 Å². The zero-order valence-corrected chi connectivity index (χ0v) is 15.0. The van der Waals surface area contributed by atoms with Crippen molar-refractivity contribution in [2.75, 3.05) is 5.32 Å². The molecule has 2 heterocycles. The molecule has 6 nitrogen and oxygen atoms in total. The molecule has 1 aliphatic rings. The van der Waals surface area contributed by atoms with Gasteiger partial charge in [-0.15, -0.1) is 11.3 Å². The first-order chi connectivity index (χ1) is 9.90. The first-order valence-electron chi connectivity index (χ1n) is 7.21. The minimum Gasteiger partial charge on any atom is -0.444 e. The van der Waals surface area contributed by atoms with Gasteiger partial charge in [-0.3, -0.25) is 5.32 Å². The highest BCUT2D eigenvalue weighted by atomic mass is 32.1. The van der Waals surface area contributed by atoms with Crippen LogP contribution in [0.2, 0.25) is 0 Å². The van der Waals surface area contributed by atoms with Gasteiger partial charge >= 0.3 is 13.2 Å². The molecule has 1 aliphatic heterocycles. The van der Waals surface area contributed by atoms with Crippen LogP contribution in [0.25, 0.3) is 0 Å². The Morgan fingerprint density at radius 3 is 2.32 bits per heavy atom. The number of carbonyl (C=O) groups excluding carboxylic acids is 1. The molecular formula is C14H23BN2O4S. The molecule has 0 saturated carbocycles. The number of anilines is 1. The van der Waals surface area contributed by atoms with Crippen LogP contribution in [0.15, 0.2) is 6.20 Å². The van der Waals surface area contributed by atoms with Gasteiger partial charge in [-0.05, 0) is 48.5 Å². The number of rotatable bonds is 2. The molecule has 1 amide bonds. The Labute approximate surface area is 135 Å². The number of aromatic nitrogens is 1. The third kappa shape index (κ3) is 3.80. The highest BCUT2D eigenvalue weighted by Gasteiger charge is 2.52. The second-order valence-electron chi connectivity index (χ2n) is 7.28. The molecule has 22 heavy (non-hydrogen) atoms. The summed E-state index contributed by atoms with van der Waals surface area (Å²) in [5, 5.41) is 3.08. The maximum absolute atomic E-state index is 11.7. The largest absolute Gasteiger partial charge is 0.507 e. The molecule has 0 bridgehead atoms. The van der Waals surface area contributed by atoms with Crippen molar-refractivity contribution < 1.29 is 18.8 Å². The van der Waals surface area contributed by atoms with Gasteiger partial charge < -0.3 is 14.0 Å². The molecule has 0 aliphatic carbocycles. The number of amides is 1. The van der Waals surface area contributed by atoms with E-state index in [2.05, 4.69) is 10.3 Å². The van der Waals surface area contributed by atoms with E-state index >= 15 is 0 Å². The van der Waals surface area contributed by atoms with Gasteiger partial charge in [-0.1, -0.05) is 0 Å². The molecule has 8 heteroatoms. The first kappa shape index (κ1) is 17.2. The maximum atomic E-state index is 11.7. The maximum Gasteiger partial charge on any atom is 0.507 e. The van der Waals surface area contributed by atoms with Gasteiger partial charge in [0.1, 0.15) is 5.60 Å². The Morgan fingerprint density at radius 1 is 1.27 bits per heavy atom. The summed E-state index contributed by atoms with van der Waals surface area (Å²) in [7, 11) is -0.475. The highest BCUT2D eigenvalue weighted by Crippen LogP contribution is 2.37. The van der Waals surface area contributed by atoms with Crippen LogP contribution in [0.3, 0.4) is 0 Å². The van der Waals surface area contributed by atoms with Gasteiger partial charge in [-0.25, -0.2) is 9.78 Å². The van der Waals surface area contributed by atoms with Crippen LogP contribution in [-0.4, -0.2) is 35.0 Å². The van der Waals surface area contributed by atoms with E-state index in [-0.39, 0.29) is 0 Å². The summed E-state index contributed by atoms with van der Waals surface area (Å²) in [6, 6.07) is 0. The predicted molar refractivity (Wildman–Crippen MR) is 87.7 cm³/mol. The fraction of sp³-hybridized carbons (Fsp3) is 0.714. The number of nitrogens with zero attached hydrogens (tertiary/aromatic N) is 1. The fourth-order valence-corrected chi connectivity index (χ4v) is 2.56. The second kappa shape index (κ2) is 5.51. The van der Waals surface area contributed by atoms with Crippen molar-refractivity contribution in [1.82, 2.24) is 4.98 Å². The molecule has 122 valence electrons. The van der Waals surface area contributed by atoms with E-state index in [1.807, 2.05) is 48.5 Å². The average Bonchev–Trinajstić information content (AvgIpc) is 2.79. The SMILES string of the molecule is CC(C)(C)OC(=O)Nc1ncc(B2OC(C)(C)C(C)(C)O2)s1. The molecule has 1 saturated heterocycles. The summed E-state index contributed by atoms with van der Waals surface area (Å²) >= 11 is 1.31. The Balaban J connectivity index is 2.03. The van der Waals surface area contributed by atoms with E-state index in [1.165, 1.54) is 11.3 Å². The third-order valence-corrected chi connectivity index (χ3v) is 4.55. The van der Waals surface area contributed by atoms with Crippen LogP contribution >= 0.6 is 11.3 Å². The number of nitrogens with one attached hydrogen (secondary N) is 1. The molecule has 0 spiro atoms. The van der Waals surface area contributed by atoms with Gasteiger partial charge in [0.25, 0.3) is 0 Å². The molecule has 0 atom stereocenters. The van der Waals surface area contributed by atoms with E-state index in [0.29, 0.717) is 5.13 Å². The lowest BCUT2D eigenvalue weighted by molar-refractivity contribution is 0.00578. The lowest BCUT2D eigenvalue weighted by atomic mass is 9.89. The minimum absolute atomic E-state index is 0.402. The van der Waals surface area contributed by atoms with Crippen LogP contribution in [0.5, 0.6) is 0 Å². The summed E-state index contributed by atoms with van der Waals surface area (Å²) < 4.78 is 17.9. The molecule has 0 unspecified atom stereocenters. The van der Waals surface area contributed by atoms with Crippen LogP contribution in [0.4, 0.5) is 9.93 Å². The fourth-order valence-electron chi connectivity index (χ4n) is 1.80. The third-order valence-electron chi connectivity index (χ3n) is 3.62. The van der Waals surface area contributed by atoms with E-state index < -0.39 is 30.0 Å². The van der Waals surface area contributed by atoms with E-state index in [1.54, 1.807) is 6.20 Å². The average molecular weight is 326 g/mol. The molecule has 1 aromatic heterocycles. The molecule has 1 N–H and O–H groups in total. The van der Waals surface area contributed by atoms with Crippen molar-refractivity contribution in [3.63, 3.8) is 0 Å². The number of thiazole rings is 1. The zero-order chi connectivity index (χ0) is 16.8. The van der Waals surface area contributed by atoms with Crippen LogP contribution in [0.1, 0.15) is 48.5 Å². The van der Waals surface area contributed by atoms with Crippen LogP contribution < -0.4 is 10.1 Å². The van der Waals surface area contributed by atoms with Crippen molar-refractivity contribution in [1.29, 1.82) is 0 Å². The quantitative estimate of drug-likeness (QED) is 0.846. The zero-order valence-electron chi connectivity index (χ0n) is 14.1. The molecule has 0 radical (unpaired) electrons. The van der Waals surface area contributed by atoms with Crippen LogP contribution in [0, 0.1) is 0 Å². The van der Waals surface area contributed by atoms with E-state index in [9.17, 15) is 4.79 Å².